The molecule has 0 N–H and O–H groups in total. The second-order valence-electron chi connectivity index (χ2n) is 6.53. The molecule has 7 nitrogen and oxygen atoms in total. The van der Waals surface area contributed by atoms with E-state index in [1.54, 1.807) is 36.4 Å². The highest BCUT2D eigenvalue weighted by atomic mass is 16.5. The Morgan fingerprint density at radius 3 is 3.04 bits per heavy atom. The van der Waals surface area contributed by atoms with E-state index in [2.05, 4.69) is 10.1 Å². The number of hydrogen-bond acceptors (Lipinski definition) is 5. The van der Waals surface area contributed by atoms with Gasteiger partial charge in [0.25, 0.3) is 5.91 Å². The maximum atomic E-state index is 13.0. The predicted molar refractivity (Wildman–Crippen MR) is 89.8 cm³/mol. The van der Waals surface area contributed by atoms with Gasteiger partial charge >= 0.3 is 0 Å². The van der Waals surface area contributed by atoms with Crippen LogP contribution in [0.15, 0.2) is 36.8 Å². The molecule has 2 aromatic heterocycles. The summed E-state index contributed by atoms with van der Waals surface area (Å²) in [6.07, 6.45) is 6.94. The first kappa shape index (κ1) is 16.2. The van der Waals surface area contributed by atoms with E-state index in [0.717, 1.165) is 18.4 Å². The quantitative estimate of drug-likeness (QED) is 0.840. The third-order valence-corrected chi connectivity index (χ3v) is 5.02. The van der Waals surface area contributed by atoms with Crippen LogP contribution in [0.5, 0.6) is 0 Å². The normalized spacial score (nSPS) is 25.8. The number of amides is 1. The first-order valence-electron chi connectivity index (χ1n) is 8.65. The van der Waals surface area contributed by atoms with Crippen LogP contribution in [0.4, 0.5) is 0 Å². The van der Waals surface area contributed by atoms with Crippen molar-refractivity contribution in [3.8, 4) is 0 Å². The SMILES string of the molecule is Cn1nccc1C(=O)N1CCO[C@H]2CC[C@H]1[C@H]2OCc1cccnc1. The number of ether oxygens (including phenoxy) is 2. The lowest BCUT2D eigenvalue weighted by atomic mass is 10.1. The first-order chi connectivity index (χ1) is 12.2. The number of aryl methyl sites for hydroxylation is 1. The van der Waals surface area contributed by atoms with Crippen molar-refractivity contribution in [1.29, 1.82) is 0 Å². The monoisotopic (exact) mass is 342 g/mol. The molecule has 132 valence electrons. The summed E-state index contributed by atoms with van der Waals surface area (Å²) in [7, 11) is 1.79. The van der Waals surface area contributed by atoms with Crippen molar-refractivity contribution in [3.05, 3.63) is 48.0 Å². The van der Waals surface area contributed by atoms with E-state index in [1.165, 1.54) is 0 Å². The highest BCUT2D eigenvalue weighted by Gasteiger charge is 2.45. The number of aromatic nitrogens is 3. The summed E-state index contributed by atoms with van der Waals surface area (Å²) in [5.41, 5.74) is 1.62. The van der Waals surface area contributed by atoms with Crippen LogP contribution in [-0.2, 0) is 23.1 Å². The molecule has 7 heteroatoms. The van der Waals surface area contributed by atoms with E-state index < -0.39 is 0 Å². The smallest absolute Gasteiger partial charge is 0.272 e. The molecule has 1 aliphatic heterocycles. The molecule has 0 radical (unpaired) electrons. The van der Waals surface area contributed by atoms with Gasteiger partial charge in [-0.3, -0.25) is 14.5 Å². The van der Waals surface area contributed by atoms with Crippen LogP contribution in [0.3, 0.4) is 0 Å². The fourth-order valence-electron chi connectivity index (χ4n) is 3.77. The van der Waals surface area contributed by atoms with E-state index in [4.69, 9.17) is 9.47 Å². The molecule has 4 rings (SSSR count). The molecule has 1 saturated heterocycles. The second-order valence-corrected chi connectivity index (χ2v) is 6.53. The third-order valence-electron chi connectivity index (χ3n) is 5.02. The fraction of sp³-hybridized carbons (Fsp3) is 0.500. The molecule has 0 unspecified atom stereocenters. The number of carbonyl (C=O) groups excluding carboxylic acids is 1. The molecule has 1 amide bonds. The summed E-state index contributed by atoms with van der Waals surface area (Å²) in [5.74, 6) is -0.00822. The summed E-state index contributed by atoms with van der Waals surface area (Å²) < 4.78 is 13.8. The van der Waals surface area contributed by atoms with E-state index in [-0.39, 0.29) is 24.2 Å². The lowest BCUT2D eigenvalue weighted by Gasteiger charge is -2.31. The van der Waals surface area contributed by atoms with Gasteiger partial charge in [-0.25, -0.2) is 0 Å². The molecule has 1 saturated carbocycles. The Kier molecular flexibility index (Phi) is 4.50. The molecule has 0 aromatic carbocycles. The average Bonchev–Trinajstić information content (AvgIpc) is 3.17. The molecular formula is C18H22N4O3. The molecule has 3 atom stereocenters. The van der Waals surface area contributed by atoms with Crippen molar-refractivity contribution in [2.24, 2.45) is 7.05 Å². The van der Waals surface area contributed by atoms with Gasteiger partial charge in [-0.15, -0.1) is 0 Å². The van der Waals surface area contributed by atoms with Gasteiger partial charge in [0, 0.05) is 32.2 Å². The van der Waals surface area contributed by atoms with Gasteiger partial charge in [0.05, 0.1) is 25.4 Å². The predicted octanol–water partition coefficient (Wildman–Crippen LogP) is 1.40. The molecular weight excluding hydrogens is 320 g/mol. The van der Waals surface area contributed by atoms with Crippen LogP contribution >= 0.6 is 0 Å². The zero-order chi connectivity index (χ0) is 17.2. The van der Waals surface area contributed by atoms with Crippen LogP contribution in [0.25, 0.3) is 0 Å². The second kappa shape index (κ2) is 6.93. The van der Waals surface area contributed by atoms with Gasteiger partial charge in [0.2, 0.25) is 0 Å². The summed E-state index contributed by atoms with van der Waals surface area (Å²) in [4.78, 5) is 19.0. The minimum absolute atomic E-state index is 0.00822. The number of pyridine rings is 1. The maximum absolute atomic E-state index is 13.0. The van der Waals surface area contributed by atoms with Crippen molar-refractivity contribution >= 4 is 5.91 Å². The number of rotatable bonds is 4. The van der Waals surface area contributed by atoms with Gasteiger partial charge < -0.3 is 14.4 Å². The Morgan fingerprint density at radius 1 is 1.36 bits per heavy atom. The van der Waals surface area contributed by atoms with Crippen LogP contribution in [0.1, 0.15) is 28.9 Å². The van der Waals surface area contributed by atoms with E-state index in [9.17, 15) is 4.79 Å². The van der Waals surface area contributed by atoms with Crippen molar-refractivity contribution in [2.45, 2.75) is 37.7 Å². The summed E-state index contributed by atoms with van der Waals surface area (Å²) in [6.45, 7) is 1.60. The van der Waals surface area contributed by atoms with Gasteiger partial charge in [0.1, 0.15) is 11.8 Å². The maximum Gasteiger partial charge on any atom is 0.272 e. The summed E-state index contributed by atoms with van der Waals surface area (Å²) >= 11 is 0. The van der Waals surface area contributed by atoms with Crippen molar-refractivity contribution < 1.29 is 14.3 Å². The third kappa shape index (κ3) is 3.17. The summed E-state index contributed by atoms with van der Waals surface area (Å²) in [6, 6.07) is 5.68. The highest BCUT2D eigenvalue weighted by molar-refractivity contribution is 5.92. The molecule has 1 aliphatic carbocycles. The highest BCUT2D eigenvalue weighted by Crippen LogP contribution is 2.33. The Labute approximate surface area is 146 Å². The first-order valence-corrected chi connectivity index (χ1v) is 8.65. The Bertz CT molecular complexity index is 733. The molecule has 25 heavy (non-hydrogen) atoms. The average molecular weight is 342 g/mol. The summed E-state index contributed by atoms with van der Waals surface area (Å²) in [5, 5.41) is 4.11. The van der Waals surface area contributed by atoms with Gasteiger partial charge in [-0.2, -0.15) is 5.10 Å². The van der Waals surface area contributed by atoms with Crippen LogP contribution in [0, 0.1) is 0 Å². The molecule has 2 bridgehead atoms. The topological polar surface area (TPSA) is 69.5 Å². The standard InChI is InChI=1S/C18H22N4O3/c1-21-15(6-8-20-21)18(23)22-9-10-24-16-5-4-14(22)17(16)25-12-13-3-2-7-19-11-13/h2-3,6-8,11,14,16-17H,4-5,9-10,12H2,1H3/t14-,16-,17+/m0/s1. The van der Waals surface area contributed by atoms with Crippen LogP contribution < -0.4 is 0 Å². The van der Waals surface area contributed by atoms with Crippen LogP contribution in [-0.4, -0.2) is 57.0 Å². The zero-order valence-electron chi connectivity index (χ0n) is 14.2. The lowest BCUT2D eigenvalue weighted by Crippen LogP contribution is -2.46. The molecule has 2 fully saturated rings. The van der Waals surface area contributed by atoms with Gasteiger partial charge in [-0.1, -0.05) is 6.07 Å². The Hall–Kier alpha value is -2.25. The Balaban J connectivity index is 1.52. The van der Waals surface area contributed by atoms with Crippen molar-refractivity contribution in [1.82, 2.24) is 19.7 Å². The van der Waals surface area contributed by atoms with E-state index >= 15 is 0 Å². The van der Waals surface area contributed by atoms with Gasteiger partial charge in [0.15, 0.2) is 0 Å². The number of fused-ring (bicyclic) bond motifs is 2. The lowest BCUT2D eigenvalue weighted by molar-refractivity contribution is -0.0598. The minimum Gasteiger partial charge on any atom is -0.374 e. The van der Waals surface area contributed by atoms with Crippen LogP contribution in [0.2, 0.25) is 0 Å². The van der Waals surface area contributed by atoms with E-state index in [0.29, 0.717) is 25.5 Å². The van der Waals surface area contributed by atoms with Crippen molar-refractivity contribution in [3.63, 3.8) is 0 Å². The molecule has 2 aliphatic rings. The van der Waals surface area contributed by atoms with Gasteiger partial charge in [-0.05, 0) is 30.5 Å². The molecule has 0 spiro atoms. The number of hydrogen-bond donors (Lipinski definition) is 0. The largest absolute Gasteiger partial charge is 0.374 e. The van der Waals surface area contributed by atoms with E-state index in [1.807, 2.05) is 17.0 Å². The fourth-order valence-corrected chi connectivity index (χ4v) is 3.77. The minimum atomic E-state index is -0.111. The zero-order valence-corrected chi connectivity index (χ0v) is 14.2. The molecule has 2 aromatic rings. The Morgan fingerprint density at radius 2 is 2.28 bits per heavy atom. The number of carbonyl (C=O) groups is 1. The van der Waals surface area contributed by atoms with Crippen molar-refractivity contribution in [2.75, 3.05) is 13.2 Å². The number of nitrogens with zero attached hydrogens (tertiary/aromatic N) is 4. The molecule has 3 heterocycles.